The van der Waals surface area contributed by atoms with Crippen LogP contribution in [0.15, 0.2) is 0 Å². The Hall–Kier alpha value is -0.353. The molecule has 1 aliphatic rings. The van der Waals surface area contributed by atoms with Gasteiger partial charge < -0.3 is 9.16 Å². The van der Waals surface area contributed by atoms with Crippen LogP contribution in [-0.2, 0) is 14.0 Å². The second-order valence-electron chi connectivity index (χ2n) is 7.58. The molecule has 0 spiro atoms. The van der Waals surface area contributed by atoms with Crippen molar-refractivity contribution in [2.45, 2.75) is 83.5 Å². The maximum absolute atomic E-state index is 11.4. The van der Waals surface area contributed by atoms with Crippen LogP contribution in [0.4, 0.5) is 0 Å². The van der Waals surface area contributed by atoms with Crippen LogP contribution in [0.5, 0.6) is 0 Å². The molecule has 1 rings (SSSR count). The van der Waals surface area contributed by atoms with Gasteiger partial charge in [0.25, 0.3) is 0 Å². The van der Waals surface area contributed by atoms with Gasteiger partial charge in [-0.2, -0.15) is 0 Å². The number of carbonyl (C=O) groups is 1. The van der Waals surface area contributed by atoms with Crippen LogP contribution < -0.4 is 0 Å². The van der Waals surface area contributed by atoms with E-state index in [1.165, 1.54) is 26.4 Å². The third-order valence-corrected chi connectivity index (χ3v) is 9.54. The predicted molar refractivity (Wildman–Crippen MR) is 85.3 cm³/mol. The van der Waals surface area contributed by atoms with E-state index in [4.69, 9.17) is 9.16 Å². The first kappa shape index (κ1) is 17.7. The lowest BCUT2D eigenvalue weighted by molar-refractivity contribution is -0.141. The average Bonchev–Trinajstić information content (AvgIpc) is 2.35. The molecule has 0 radical (unpaired) electrons. The molecule has 118 valence electrons. The van der Waals surface area contributed by atoms with E-state index >= 15 is 0 Å². The van der Waals surface area contributed by atoms with Gasteiger partial charge in [0.2, 0.25) is 0 Å². The van der Waals surface area contributed by atoms with Gasteiger partial charge in [-0.05, 0) is 43.3 Å². The minimum atomic E-state index is -1.71. The summed E-state index contributed by atoms with van der Waals surface area (Å²) in [5.41, 5.74) is 0. The van der Waals surface area contributed by atoms with E-state index in [2.05, 4.69) is 33.9 Å². The third-order valence-electron chi connectivity index (χ3n) is 5.04. The lowest BCUT2D eigenvalue weighted by atomic mass is 9.83. The second-order valence-corrected chi connectivity index (χ2v) is 12.3. The van der Waals surface area contributed by atoms with Crippen LogP contribution in [0.25, 0.3) is 0 Å². The molecule has 1 fully saturated rings. The summed E-state index contributed by atoms with van der Waals surface area (Å²) in [6, 6.07) is 0. The van der Waals surface area contributed by atoms with Gasteiger partial charge in [0.05, 0.1) is 7.11 Å². The van der Waals surface area contributed by atoms with E-state index in [1.54, 1.807) is 0 Å². The average molecular weight is 301 g/mol. The molecule has 2 atom stereocenters. The summed E-state index contributed by atoms with van der Waals surface area (Å²) in [7, 11) is -0.250. The van der Waals surface area contributed by atoms with Gasteiger partial charge in [-0.25, -0.2) is 0 Å². The minimum absolute atomic E-state index is 0.0957. The monoisotopic (exact) mass is 300 g/mol. The zero-order valence-electron chi connectivity index (χ0n) is 14.1. The molecule has 1 aliphatic carbocycles. The van der Waals surface area contributed by atoms with Gasteiger partial charge >= 0.3 is 5.97 Å². The highest BCUT2D eigenvalue weighted by molar-refractivity contribution is 6.74. The SMILES string of the molecule is COC(=O)CCC1CCCCC1O[Si](C)(C)C(C)(C)C. The summed E-state index contributed by atoms with van der Waals surface area (Å²) in [5.74, 6) is 0.429. The van der Waals surface area contributed by atoms with Crippen molar-refractivity contribution in [3.63, 3.8) is 0 Å². The molecule has 0 aromatic carbocycles. The van der Waals surface area contributed by atoms with E-state index in [-0.39, 0.29) is 11.0 Å². The molecule has 0 aromatic rings. The van der Waals surface area contributed by atoms with Crippen LogP contribution in [0, 0.1) is 5.92 Å². The topological polar surface area (TPSA) is 35.5 Å². The minimum Gasteiger partial charge on any atom is -0.469 e. The molecule has 3 nitrogen and oxygen atoms in total. The summed E-state index contributed by atoms with van der Waals surface area (Å²) in [6.45, 7) is 11.5. The Morgan fingerprint density at radius 3 is 2.35 bits per heavy atom. The van der Waals surface area contributed by atoms with Crippen LogP contribution in [0.3, 0.4) is 0 Å². The first-order valence-electron chi connectivity index (χ1n) is 7.92. The third kappa shape index (κ3) is 4.88. The van der Waals surface area contributed by atoms with E-state index in [1.807, 2.05) is 0 Å². The molecular weight excluding hydrogens is 268 g/mol. The Balaban J connectivity index is 2.62. The van der Waals surface area contributed by atoms with Crippen LogP contribution in [0.2, 0.25) is 18.1 Å². The fourth-order valence-corrected chi connectivity index (χ4v) is 4.04. The molecule has 0 bridgehead atoms. The molecule has 0 aliphatic heterocycles. The number of esters is 1. The highest BCUT2D eigenvalue weighted by Gasteiger charge is 2.41. The first-order chi connectivity index (χ1) is 9.17. The fraction of sp³-hybridized carbons (Fsp3) is 0.938. The normalized spacial score (nSPS) is 24.5. The van der Waals surface area contributed by atoms with Crippen LogP contribution >= 0.6 is 0 Å². The number of hydrogen-bond donors (Lipinski definition) is 0. The second kappa shape index (κ2) is 7.08. The molecule has 0 saturated heterocycles. The number of hydrogen-bond acceptors (Lipinski definition) is 3. The van der Waals surface area contributed by atoms with Gasteiger partial charge in [0.15, 0.2) is 8.32 Å². The number of ether oxygens (including phenoxy) is 1. The summed E-state index contributed by atoms with van der Waals surface area (Å²) < 4.78 is 11.4. The lowest BCUT2D eigenvalue weighted by Crippen LogP contribution is -2.46. The van der Waals surface area contributed by atoms with Crippen LogP contribution in [0.1, 0.15) is 59.3 Å². The first-order valence-corrected chi connectivity index (χ1v) is 10.8. The van der Waals surface area contributed by atoms with E-state index in [9.17, 15) is 4.79 Å². The standard InChI is InChI=1S/C16H32O3Si/c1-16(2,3)20(5,6)19-14-10-8-7-9-13(14)11-12-15(17)18-4/h13-14H,7-12H2,1-6H3. The molecule has 0 N–H and O–H groups in total. The Bertz CT molecular complexity index is 320. The predicted octanol–water partition coefficient (Wildman–Crippen LogP) is 4.52. The largest absolute Gasteiger partial charge is 0.469 e. The van der Waals surface area contributed by atoms with E-state index < -0.39 is 8.32 Å². The fourth-order valence-electron chi connectivity index (χ4n) is 2.62. The zero-order chi connectivity index (χ0) is 15.4. The van der Waals surface area contributed by atoms with Gasteiger partial charge in [-0.3, -0.25) is 4.79 Å². The molecule has 0 amide bonds. The van der Waals surface area contributed by atoms with Gasteiger partial charge in [-0.1, -0.05) is 33.6 Å². The number of rotatable bonds is 5. The summed E-state index contributed by atoms with van der Waals surface area (Å²) >= 11 is 0. The van der Waals surface area contributed by atoms with Crippen molar-refractivity contribution in [3.8, 4) is 0 Å². The molecule has 20 heavy (non-hydrogen) atoms. The van der Waals surface area contributed by atoms with Crippen molar-refractivity contribution in [3.05, 3.63) is 0 Å². The Labute approximate surface area is 125 Å². The Kier molecular flexibility index (Phi) is 6.26. The Morgan fingerprint density at radius 2 is 1.80 bits per heavy atom. The van der Waals surface area contributed by atoms with E-state index in [0.717, 1.165) is 12.8 Å². The molecular formula is C16H32O3Si. The Morgan fingerprint density at radius 1 is 1.20 bits per heavy atom. The molecule has 1 saturated carbocycles. The van der Waals surface area contributed by atoms with Crippen molar-refractivity contribution in [1.82, 2.24) is 0 Å². The summed E-state index contributed by atoms with van der Waals surface area (Å²) in [5, 5.41) is 0.247. The number of carbonyl (C=O) groups excluding carboxylic acids is 1. The molecule has 4 heteroatoms. The smallest absolute Gasteiger partial charge is 0.305 e. The molecule has 2 unspecified atom stereocenters. The lowest BCUT2D eigenvalue weighted by Gasteiger charge is -2.43. The summed E-state index contributed by atoms with van der Waals surface area (Å²) in [4.78, 5) is 11.4. The van der Waals surface area contributed by atoms with Crippen molar-refractivity contribution >= 4 is 14.3 Å². The summed E-state index contributed by atoms with van der Waals surface area (Å²) in [6.07, 6.45) is 6.64. The van der Waals surface area contributed by atoms with Crippen molar-refractivity contribution < 1.29 is 14.0 Å². The highest BCUT2D eigenvalue weighted by Crippen LogP contribution is 2.41. The van der Waals surface area contributed by atoms with Gasteiger partial charge in [-0.15, -0.1) is 0 Å². The maximum atomic E-state index is 11.4. The quantitative estimate of drug-likeness (QED) is 0.553. The molecule has 0 aromatic heterocycles. The van der Waals surface area contributed by atoms with Crippen molar-refractivity contribution in [2.75, 3.05) is 7.11 Å². The number of methoxy groups -OCH3 is 1. The zero-order valence-corrected chi connectivity index (χ0v) is 15.1. The van der Waals surface area contributed by atoms with Crippen molar-refractivity contribution in [2.24, 2.45) is 5.92 Å². The van der Waals surface area contributed by atoms with Gasteiger partial charge in [0, 0.05) is 12.5 Å². The van der Waals surface area contributed by atoms with Gasteiger partial charge in [0.1, 0.15) is 0 Å². The molecule has 0 heterocycles. The van der Waals surface area contributed by atoms with Crippen molar-refractivity contribution in [1.29, 1.82) is 0 Å². The van der Waals surface area contributed by atoms with Crippen LogP contribution in [-0.4, -0.2) is 27.5 Å². The highest BCUT2D eigenvalue weighted by atomic mass is 28.4. The maximum Gasteiger partial charge on any atom is 0.305 e. The van der Waals surface area contributed by atoms with E-state index in [0.29, 0.717) is 18.4 Å².